The number of allylic oxidation sites excluding steroid dienone is 2. The summed E-state index contributed by atoms with van der Waals surface area (Å²) in [6.07, 6.45) is 4.27. The second kappa shape index (κ2) is 8.69. The normalized spacial score (nSPS) is 10.8. The van der Waals surface area contributed by atoms with E-state index in [4.69, 9.17) is 4.74 Å². The van der Waals surface area contributed by atoms with Crippen molar-refractivity contribution in [2.24, 2.45) is 4.99 Å². The van der Waals surface area contributed by atoms with Crippen LogP contribution in [0.2, 0.25) is 0 Å². The Morgan fingerprint density at radius 2 is 2.10 bits per heavy atom. The van der Waals surface area contributed by atoms with Crippen LogP contribution in [0.25, 0.3) is 0 Å². The molecule has 0 heterocycles. The van der Waals surface area contributed by atoms with Crippen LogP contribution >= 0.6 is 0 Å². The van der Waals surface area contributed by atoms with Gasteiger partial charge in [0, 0.05) is 0 Å². The number of carbonyl (C=O) groups excluding carboxylic acids is 1. The van der Waals surface area contributed by atoms with Crippen molar-refractivity contribution < 1.29 is 9.53 Å². The number of hydrogen-bond acceptors (Lipinski definition) is 3. The Morgan fingerprint density at radius 3 is 2.65 bits per heavy atom. The maximum Gasteiger partial charge on any atom is 0.258 e. The number of carbonyl (C=O) groups is 1. The summed E-state index contributed by atoms with van der Waals surface area (Å²) in [6, 6.07) is 7.69. The van der Waals surface area contributed by atoms with Gasteiger partial charge in [-0.05, 0) is 36.9 Å². The Bertz CT molecular complexity index is 490. The van der Waals surface area contributed by atoms with Gasteiger partial charge in [0.1, 0.15) is 5.75 Å². The number of nitrogens with one attached hydrogen (secondary N) is 1. The van der Waals surface area contributed by atoms with Crippen molar-refractivity contribution in [3.63, 3.8) is 0 Å². The zero-order valence-electron chi connectivity index (χ0n) is 11.8. The number of rotatable bonds is 8. The zero-order chi connectivity index (χ0) is 14.8. The molecule has 0 saturated heterocycles. The minimum atomic E-state index is -0.205. The molecule has 20 heavy (non-hydrogen) atoms. The summed E-state index contributed by atoms with van der Waals surface area (Å²) in [6.45, 7) is 9.36. The predicted octanol–water partition coefficient (Wildman–Crippen LogP) is 2.51. The van der Waals surface area contributed by atoms with Crippen molar-refractivity contribution in [2.75, 3.05) is 13.2 Å². The molecule has 4 heteroatoms. The molecule has 4 nitrogen and oxygen atoms in total. The Balaban J connectivity index is 2.37. The van der Waals surface area contributed by atoms with Gasteiger partial charge < -0.3 is 10.1 Å². The van der Waals surface area contributed by atoms with Gasteiger partial charge in [0.25, 0.3) is 5.91 Å². The second-order valence-electron chi connectivity index (χ2n) is 4.11. The smallest absolute Gasteiger partial charge is 0.258 e. The Kier molecular flexibility index (Phi) is 6.82. The van der Waals surface area contributed by atoms with E-state index < -0.39 is 0 Å². The Morgan fingerprint density at radius 1 is 1.40 bits per heavy atom. The van der Waals surface area contributed by atoms with Crippen LogP contribution in [0.3, 0.4) is 0 Å². The summed E-state index contributed by atoms with van der Waals surface area (Å²) in [4.78, 5) is 15.4. The SMILES string of the molecule is C=C/C=C(/CNC(=O)COc1ccc(CC)cc1)N=C. The largest absolute Gasteiger partial charge is 0.484 e. The molecule has 0 saturated carbocycles. The molecule has 1 N–H and O–H groups in total. The van der Waals surface area contributed by atoms with Gasteiger partial charge in [0.15, 0.2) is 6.61 Å². The summed E-state index contributed by atoms with van der Waals surface area (Å²) in [7, 11) is 0. The van der Waals surface area contributed by atoms with Crippen molar-refractivity contribution in [3.8, 4) is 5.75 Å². The average molecular weight is 272 g/mol. The Labute approximate surface area is 119 Å². The van der Waals surface area contributed by atoms with Crippen LogP contribution in [0, 0.1) is 0 Å². The highest BCUT2D eigenvalue weighted by Crippen LogP contribution is 2.12. The quantitative estimate of drug-likeness (QED) is 0.584. The van der Waals surface area contributed by atoms with Crippen LogP contribution in [-0.4, -0.2) is 25.8 Å². The molecule has 0 atom stereocenters. The second-order valence-corrected chi connectivity index (χ2v) is 4.11. The number of nitrogens with zero attached hydrogens (tertiary/aromatic N) is 1. The highest BCUT2D eigenvalue weighted by molar-refractivity contribution is 5.77. The van der Waals surface area contributed by atoms with E-state index in [1.165, 1.54) is 5.56 Å². The summed E-state index contributed by atoms with van der Waals surface area (Å²) < 4.78 is 5.40. The minimum Gasteiger partial charge on any atom is -0.484 e. The van der Waals surface area contributed by atoms with E-state index >= 15 is 0 Å². The minimum absolute atomic E-state index is 0.0238. The van der Waals surface area contributed by atoms with Crippen molar-refractivity contribution in [3.05, 3.63) is 54.3 Å². The molecule has 0 spiro atoms. The molecule has 106 valence electrons. The van der Waals surface area contributed by atoms with E-state index in [-0.39, 0.29) is 12.5 Å². The first kappa shape index (κ1) is 15.7. The third kappa shape index (κ3) is 5.52. The first-order valence-corrected chi connectivity index (χ1v) is 6.46. The molecular formula is C16H20N2O2. The van der Waals surface area contributed by atoms with E-state index in [1.807, 2.05) is 24.3 Å². The number of hydrogen-bond donors (Lipinski definition) is 1. The molecule has 1 amide bonds. The molecule has 1 aromatic rings. The van der Waals surface area contributed by atoms with E-state index in [9.17, 15) is 4.79 Å². The van der Waals surface area contributed by atoms with Crippen LogP contribution in [-0.2, 0) is 11.2 Å². The number of amides is 1. The first-order valence-electron chi connectivity index (χ1n) is 6.46. The molecule has 0 unspecified atom stereocenters. The van der Waals surface area contributed by atoms with Gasteiger partial charge in [0.2, 0.25) is 0 Å². The molecular weight excluding hydrogens is 252 g/mol. The molecule has 0 aliphatic heterocycles. The molecule has 1 aromatic carbocycles. The van der Waals surface area contributed by atoms with E-state index in [1.54, 1.807) is 12.2 Å². The van der Waals surface area contributed by atoms with Gasteiger partial charge in [-0.1, -0.05) is 31.7 Å². The number of aryl methyl sites for hydroxylation is 1. The lowest BCUT2D eigenvalue weighted by atomic mass is 10.2. The first-order chi connectivity index (χ1) is 9.69. The highest BCUT2D eigenvalue weighted by Gasteiger charge is 2.03. The lowest BCUT2D eigenvalue weighted by Gasteiger charge is -2.08. The van der Waals surface area contributed by atoms with Gasteiger partial charge in [-0.2, -0.15) is 0 Å². The van der Waals surface area contributed by atoms with E-state index in [0.717, 1.165) is 6.42 Å². The highest BCUT2D eigenvalue weighted by atomic mass is 16.5. The number of ether oxygens (including phenoxy) is 1. The van der Waals surface area contributed by atoms with Gasteiger partial charge in [-0.25, -0.2) is 0 Å². The fourth-order valence-electron chi connectivity index (χ4n) is 1.51. The summed E-state index contributed by atoms with van der Waals surface area (Å²) >= 11 is 0. The van der Waals surface area contributed by atoms with Crippen LogP contribution in [0.15, 0.2) is 53.7 Å². The van der Waals surface area contributed by atoms with Crippen LogP contribution in [0.5, 0.6) is 5.75 Å². The number of aliphatic imine (C=N–C) groups is 1. The van der Waals surface area contributed by atoms with Crippen molar-refractivity contribution in [1.29, 1.82) is 0 Å². The van der Waals surface area contributed by atoms with Crippen molar-refractivity contribution >= 4 is 12.6 Å². The van der Waals surface area contributed by atoms with Gasteiger partial charge in [-0.15, -0.1) is 0 Å². The van der Waals surface area contributed by atoms with Crippen molar-refractivity contribution in [2.45, 2.75) is 13.3 Å². The van der Waals surface area contributed by atoms with Gasteiger partial charge >= 0.3 is 0 Å². The molecule has 0 fully saturated rings. The van der Waals surface area contributed by atoms with E-state index in [2.05, 4.69) is 30.5 Å². The monoisotopic (exact) mass is 272 g/mol. The Hall–Kier alpha value is -2.36. The predicted molar refractivity (Wildman–Crippen MR) is 82.2 cm³/mol. The molecule has 0 aliphatic rings. The fourth-order valence-corrected chi connectivity index (χ4v) is 1.51. The number of benzene rings is 1. The summed E-state index contributed by atoms with van der Waals surface area (Å²) in [5.74, 6) is 0.476. The molecule has 0 aromatic heterocycles. The third-order valence-electron chi connectivity index (χ3n) is 2.68. The standard InChI is InChI=1S/C16H20N2O2/c1-4-6-14(17-3)11-18-16(19)12-20-15-9-7-13(5-2)8-10-15/h4,6-10H,1,3,5,11-12H2,2H3,(H,18,19)/b14-6-. The molecule has 0 bridgehead atoms. The zero-order valence-corrected chi connectivity index (χ0v) is 11.8. The topological polar surface area (TPSA) is 50.7 Å². The van der Waals surface area contributed by atoms with E-state index in [0.29, 0.717) is 18.0 Å². The summed E-state index contributed by atoms with van der Waals surface area (Å²) in [5.41, 5.74) is 1.89. The maximum atomic E-state index is 11.6. The van der Waals surface area contributed by atoms with Crippen LogP contribution in [0.4, 0.5) is 0 Å². The third-order valence-corrected chi connectivity index (χ3v) is 2.68. The average Bonchev–Trinajstić information content (AvgIpc) is 2.49. The molecule has 0 aliphatic carbocycles. The van der Waals surface area contributed by atoms with Crippen molar-refractivity contribution in [1.82, 2.24) is 5.32 Å². The lowest BCUT2D eigenvalue weighted by molar-refractivity contribution is -0.122. The van der Waals surface area contributed by atoms with Crippen LogP contribution < -0.4 is 10.1 Å². The molecule has 0 radical (unpaired) electrons. The molecule has 1 rings (SSSR count). The maximum absolute atomic E-state index is 11.6. The van der Waals surface area contributed by atoms with Crippen LogP contribution in [0.1, 0.15) is 12.5 Å². The fraction of sp³-hybridized carbons (Fsp3) is 0.250. The van der Waals surface area contributed by atoms with Gasteiger partial charge in [0.05, 0.1) is 12.2 Å². The summed E-state index contributed by atoms with van der Waals surface area (Å²) in [5, 5.41) is 2.70. The van der Waals surface area contributed by atoms with Gasteiger partial charge in [-0.3, -0.25) is 9.79 Å². The lowest BCUT2D eigenvalue weighted by Crippen LogP contribution is -2.30.